The minimum atomic E-state index is -4.29. The molecule has 0 aromatic heterocycles. The summed E-state index contributed by atoms with van der Waals surface area (Å²) < 4.78 is 33.7. The van der Waals surface area contributed by atoms with Crippen molar-refractivity contribution in [1.82, 2.24) is 0 Å². The van der Waals surface area contributed by atoms with Crippen molar-refractivity contribution >= 4 is 13.8 Å². The van der Waals surface area contributed by atoms with Crippen molar-refractivity contribution in [3.8, 4) is 0 Å². The number of carbonyl (C=O) groups excluding carboxylic acids is 1. The van der Waals surface area contributed by atoms with Crippen LogP contribution >= 0.6 is 7.82 Å². The average molecular weight is 1010 g/mol. The molecule has 0 aromatic carbocycles. The second kappa shape index (κ2) is 58.4. The van der Waals surface area contributed by atoms with Gasteiger partial charge >= 0.3 is 13.8 Å². The van der Waals surface area contributed by atoms with Crippen LogP contribution in [0.15, 0.2) is 48.6 Å². The number of hydrogen-bond donors (Lipinski definition) is 2. The quantitative estimate of drug-likeness (QED) is 0.0268. The van der Waals surface area contributed by atoms with E-state index in [4.69, 9.17) is 24.3 Å². The topological polar surface area (TPSA) is 117 Å². The molecule has 0 aliphatic heterocycles. The molecule has 0 aliphatic rings. The number of allylic oxidation sites excluding steroid dienone is 8. The predicted octanol–water partition coefficient (Wildman–Crippen LogP) is 19.4. The third-order valence-corrected chi connectivity index (χ3v) is 14.2. The van der Waals surface area contributed by atoms with Gasteiger partial charge in [-0.2, -0.15) is 0 Å². The van der Waals surface area contributed by atoms with Gasteiger partial charge in [-0.05, 0) is 77.0 Å². The molecule has 70 heavy (non-hydrogen) atoms. The van der Waals surface area contributed by atoms with Gasteiger partial charge in [0.15, 0.2) is 0 Å². The molecule has 0 aliphatic carbocycles. The van der Waals surface area contributed by atoms with Crippen LogP contribution in [0.3, 0.4) is 0 Å². The average Bonchev–Trinajstić information content (AvgIpc) is 3.35. The summed E-state index contributed by atoms with van der Waals surface area (Å²) in [6, 6.07) is 0. The van der Waals surface area contributed by atoms with Crippen LogP contribution in [0.25, 0.3) is 0 Å². The number of phosphoric acid groups is 1. The first-order valence-corrected chi connectivity index (χ1v) is 31.6. The van der Waals surface area contributed by atoms with Gasteiger partial charge in [0.1, 0.15) is 6.10 Å². The normalized spacial score (nSPS) is 13.5. The van der Waals surface area contributed by atoms with Gasteiger partial charge in [0, 0.05) is 19.6 Å². The van der Waals surface area contributed by atoms with Gasteiger partial charge in [-0.15, -0.1) is 0 Å². The smallest absolute Gasteiger partial charge is 0.457 e. The maximum Gasteiger partial charge on any atom is 0.472 e. The minimum Gasteiger partial charge on any atom is -0.457 e. The molecular weight excluding hydrogens is 890 g/mol. The Kier molecular flexibility index (Phi) is 57.1. The summed E-state index contributed by atoms with van der Waals surface area (Å²) in [6.07, 6.45) is 73.1. The van der Waals surface area contributed by atoms with Crippen molar-refractivity contribution in [1.29, 1.82) is 0 Å². The molecule has 0 radical (unpaired) electrons. The monoisotopic (exact) mass is 1010 g/mol. The largest absolute Gasteiger partial charge is 0.472 e. The van der Waals surface area contributed by atoms with Crippen molar-refractivity contribution in [3.05, 3.63) is 48.6 Å². The lowest BCUT2D eigenvalue weighted by Crippen LogP contribution is -2.28. The zero-order chi connectivity index (χ0) is 50.8. The lowest BCUT2D eigenvalue weighted by molar-refractivity contribution is -0.154. The van der Waals surface area contributed by atoms with E-state index in [1.165, 1.54) is 231 Å². The molecule has 0 rings (SSSR count). The van der Waals surface area contributed by atoms with Gasteiger partial charge < -0.3 is 20.1 Å². The summed E-state index contributed by atoms with van der Waals surface area (Å²) in [5.41, 5.74) is 5.41. The third-order valence-electron chi connectivity index (χ3n) is 13.2. The van der Waals surface area contributed by atoms with E-state index in [1.54, 1.807) is 0 Å². The van der Waals surface area contributed by atoms with E-state index in [-0.39, 0.29) is 32.3 Å². The highest BCUT2D eigenvalue weighted by Crippen LogP contribution is 2.43. The molecule has 412 valence electrons. The fraction of sp³-hybridized carbons (Fsp3) is 0.852. The Morgan fingerprint density at radius 3 is 1.11 bits per heavy atom. The summed E-state index contributed by atoms with van der Waals surface area (Å²) >= 11 is 0. The second-order valence-electron chi connectivity index (χ2n) is 20.2. The number of rotatable bonds is 58. The predicted molar refractivity (Wildman–Crippen MR) is 303 cm³/mol. The Bertz CT molecular complexity index is 1220. The molecule has 9 heteroatoms. The van der Waals surface area contributed by atoms with Crippen LogP contribution in [0.1, 0.15) is 296 Å². The molecule has 2 unspecified atom stereocenters. The maximum absolute atomic E-state index is 12.7. The van der Waals surface area contributed by atoms with E-state index in [0.717, 1.165) is 44.9 Å². The molecule has 0 saturated heterocycles. The Hall–Kier alpha value is -1.54. The molecule has 0 saturated carbocycles. The Morgan fingerprint density at radius 1 is 0.429 bits per heavy atom. The van der Waals surface area contributed by atoms with Gasteiger partial charge in [-0.1, -0.05) is 262 Å². The second-order valence-corrected chi connectivity index (χ2v) is 21.7. The molecule has 8 nitrogen and oxygen atoms in total. The number of hydrogen-bond acceptors (Lipinski definition) is 7. The minimum absolute atomic E-state index is 0.0951. The lowest BCUT2D eigenvalue weighted by atomic mass is 10.0. The fourth-order valence-electron chi connectivity index (χ4n) is 8.77. The van der Waals surface area contributed by atoms with Crippen molar-refractivity contribution in [2.45, 2.75) is 302 Å². The van der Waals surface area contributed by atoms with E-state index >= 15 is 0 Å². The zero-order valence-electron chi connectivity index (χ0n) is 46.3. The van der Waals surface area contributed by atoms with Crippen molar-refractivity contribution in [2.24, 2.45) is 5.73 Å². The Balaban J connectivity index is 3.85. The first kappa shape index (κ1) is 68.5. The molecule has 0 fully saturated rings. The highest BCUT2D eigenvalue weighted by atomic mass is 31.2. The Morgan fingerprint density at radius 2 is 0.757 bits per heavy atom. The number of esters is 1. The van der Waals surface area contributed by atoms with E-state index in [9.17, 15) is 14.3 Å². The van der Waals surface area contributed by atoms with Crippen molar-refractivity contribution < 1.29 is 32.8 Å². The number of ether oxygens (including phenoxy) is 2. The summed E-state index contributed by atoms with van der Waals surface area (Å²) in [6.45, 7) is 4.95. The molecule has 3 N–H and O–H groups in total. The van der Waals surface area contributed by atoms with Gasteiger partial charge in [-0.3, -0.25) is 13.8 Å². The summed E-state index contributed by atoms with van der Waals surface area (Å²) in [7, 11) is -4.29. The van der Waals surface area contributed by atoms with E-state index in [1.807, 2.05) is 0 Å². The number of carbonyl (C=O) groups is 1. The molecule has 0 spiro atoms. The van der Waals surface area contributed by atoms with Gasteiger partial charge in [0.25, 0.3) is 0 Å². The van der Waals surface area contributed by atoms with Crippen LogP contribution in [0.5, 0.6) is 0 Å². The van der Waals surface area contributed by atoms with Gasteiger partial charge in [0.05, 0.1) is 19.8 Å². The molecule has 2 atom stereocenters. The number of phosphoric ester groups is 1. The van der Waals surface area contributed by atoms with Crippen LogP contribution in [0, 0.1) is 0 Å². The van der Waals surface area contributed by atoms with Crippen molar-refractivity contribution in [2.75, 3.05) is 33.0 Å². The highest BCUT2D eigenvalue weighted by Gasteiger charge is 2.25. The molecule has 0 aromatic rings. The van der Waals surface area contributed by atoms with E-state index < -0.39 is 13.9 Å². The van der Waals surface area contributed by atoms with Crippen LogP contribution in [0.4, 0.5) is 0 Å². The van der Waals surface area contributed by atoms with Crippen LogP contribution in [-0.2, 0) is 27.9 Å². The van der Waals surface area contributed by atoms with E-state index in [0.29, 0.717) is 13.0 Å². The van der Waals surface area contributed by atoms with E-state index in [2.05, 4.69) is 62.5 Å². The maximum atomic E-state index is 12.7. The van der Waals surface area contributed by atoms with Crippen molar-refractivity contribution in [3.63, 3.8) is 0 Å². The summed E-state index contributed by atoms with van der Waals surface area (Å²) in [4.78, 5) is 22.7. The first-order chi connectivity index (χ1) is 34.4. The standard InChI is InChI=1S/C61H116NO7P/c1-3-5-7-9-11-13-15-17-19-21-23-25-27-29-31-33-35-37-39-41-43-45-47-49-51-53-56-66-58-60(59-68-70(64,65)67-57-55-62)69-61(63)54-52-50-48-46-44-42-40-38-36-34-32-30-28-26-24-22-20-18-16-14-12-10-8-6-4-2/h15-18,21-24,60H,3-14,19-20,25-59,62H2,1-2H3,(H,64,65)/b17-15-,18-16-,23-21-,24-22-. The molecule has 0 heterocycles. The Labute approximate surface area is 434 Å². The van der Waals surface area contributed by atoms with Crippen LogP contribution in [0.2, 0.25) is 0 Å². The zero-order valence-corrected chi connectivity index (χ0v) is 47.2. The molecular formula is C61H116NO7P. The van der Waals surface area contributed by atoms with Crippen LogP contribution in [-0.4, -0.2) is 49.9 Å². The van der Waals surface area contributed by atoms with Gasteiger partial charge in [0.2, 0.25) is 0 Å². The number of nitrogens with two attached hydrogens (primary N) is 1. The van der Waals surface area contributed by atoms with Crippen LogP contribution < -0.4 is 5.73 Å². The molecule has 0 bridgehead atoms. The summed E-state index contributed by atoms with van der Waals surface area (Å²) in [5.74, 6) is -0.327. The third kappa shape index (κ3) is 57.4. The van der Waals surface area contributed by atoms with Gasteiger partial charge in [-0.25, -0.2) is 4.57 Å². The first-order valence-electron chi connectivity index (χ1n) is 30.1. The highest BCUT2D eigenvalue weighted by molar-refractivity contribution is 7.47. The number of unbranched alkanes of at least 4 members (excludes halogenated alkanes) is 37. The SMILES string of the molecule is CCCCCCC/C=C\C/C=C\CCCCCCCCCCCCCCCCOCC(COP(=O)(O)OCCN)OC(=O)CCCCCCCCCCCCCCC/C=C\C/C=C\CCCCCCC. The fourth-order valence-corrected chi connectivity index (χ4v) is 9.53. The molecule has 0 amide bonds. The lowest BCUT2D eigenvalue weighted by Gasteiger charge is -2.20. The summed E-state index contributed by atoms with van der Waals surface area (Å²) in [5, 5.41) is 0.